The average Bonchev–Trinajstić information content (AvgIpc) is 3.09. The first-order valence-corrected chi connectivity index (χ1v) is 11.3. The highest BCUT2D eigenvalue weighted by atomic mass is 19.4. The number of amides is 1. The summed E-state index contributed by atoms with van der Waals surface area (Å²) in [5, 5.41) is 0. The first kappa shape index (κ1) is 23.2. The fourth-order valence-corrected chi connectivity index (χ4v) is 4.69. The van der Waals surface area contributed by atoms with Crippen LogP contribution in [0.4, 0.5) is 24.7 Å². The summed E-state index contributed by atoms with van der Waals surface area (Å²) in [5.41, 5.74) is 0.340. The third-order valence-corrected chi connectivity index (χ3v) is 6.41. The number of ether oxygens (including phenoxy) is 1. The van der Waals surface area contributed by atoms with Crippen molar-refractivity contribution in [1.82, 2.24) is 9.88 Å². The zero-order valence-corrected chi connectivity index (χ0v) is 18.7. The van der Waals surface area contributed by atoms with Gasteiger partial charge in [0.15, 0.2) is 0 Å². The molecule has 0 N–H and O–H groups in total. The topological polar surface area (TPSA) is 48.9 Å². The third kappa shape index (κ3) is 5.34. The number of alkyl halides is 3. The molecular formula is C24H29F3N4O2. The molecule has 0 saturated carbocycles. The van der Waals surface area contributed by atoms with E-state index >= 15 is 0 Å². The molecule has 1 unspecified atom stereocenters. The molecule has 6 nitrogen and oxygen atoms in total. The second-order valence-electron chi connectivity index (χ2n) is 8.52. The second kappa shape index (κ2) is 9.89. The molecule has 1 amide bonds. The quantitative estimate of drug-likeness (QED) is 0.686. The number of halogens is 3. The Morgan fingerprint density at radius 1 is 1.00 bits per heavy atom. The monoisotopic (exact) mass is 462 g/mol. The van der Waals surface area contributed by atoms with Gasteiger partial charge >= 0.3 is 6.18 Å². The highest BCUT2D eigenvalue weighted by Gasteiger charge is 2.38. The van der Waals surface area contributed by atoms with Gasteiger partial charge in [0.1, 0.15) is 11.6 Å². The van der Waals surface area contributed by atoms with Crippen molar-refractivity contribution in [3.05, 3.63) is 48.2 Å². The van der Waals surface area contributed by atoms with Crippen LogP contribution >= 0.6 is 0 Å². The normalized spacial score (nSPS) is 19.9. The van der Waals surface area contributed by atoms with Crippen molar-refractivity contribution in [2.45, 2.75) is 25.4 Å². The molecule has 2 saturated heterocycles. The molecule has 0 spiro atoms. The first-order chi connectivity index (χ1) is 15.9. The lowest BCUT2D eigenvalue weighted by Gasteiger charge is -2.36. The number of anilines is 2. The third-order valence-electron chi connectivity index (χ3n) is 6.41. The first-order valence-electron chi connectivity index (χ1n) is 11.3. The summed E-state index contributed by atoms with van der Waals surface area (Å²) in [4.78, 5) is 23.1. The fourth-order valence-electron chi connectivity index (χ4n) is 4.69. The van der Waals surface area contributed by atoms with Crippen LogP contribution in [0.2, 0.25) is 0 Å². The maximum atomic E-state index is 13.5. The minimum absolute atomic E-state index is 0.0285. The molecule has 2 fully saturated rings. The van der Waals surface area contributed by atoms with E-state index in [2.05, 4.69) is 9.88 Å². The van der Waals surface area contributed by atoms with Crippen LogP contribution in [0.15, 0.2) is 42.6 Å². The Morgan fingerprint density at radius 3 is 2.48 bits per heavy atom. The number of hydrogen-bond donors (Lipinski definition) is 0. The Balaban J connectivity index is 1.41. The lowest BCUT2D eigenvalue weighted by molar-refractivity contribution is -0.137. The molecule has 178 valence electrons. The van der Waals surface area contributed by atoms with Crippen molar-refractivity contribution in [2.24, 2.45) is 5.92 Å². The van der Waals surface area contributed by atoms with Crippen molar-refractivity contribution < 1.29 is 22.7 Å². The van der Waals surface area contributed by atoms with E-state index in [1.807, 2.05) is 29.2 Å². The Labute approximate surface area is 191 Å². The van der Waals surface area contributed by atoms with E-state index in [-0.39, 0.29) is 24.2 Å². The predicted molar refractivity (Wildman–Crippen MR) is 121 cm³/mol. The van der Waals surface area contributed by atoms with Gasteiger partial charge in [0.25, 0.3) is 0 Å². The Bertz CT molecular complexity index is 951. The molecule has 1 aromatic carbocycles. The zero-order valence-electron chi connectivity index (χ0n) is 18.7. The van der Waals surface area contributed by atoms with Crippen LogP contribution in [-0.4, -0.2) is 62.2 Å². The smallest absolute Gasteiger partial charge is 0.419 e. The fraction of sp³-hybridized carbons (Fsp3) is 0.500. The number of aromatic nitrogens is 1. The van der Waals surface area contributed by atoms with Crippen LogP contribution in [0.3, 0.4) is 0 Å². The average molecular weight is 463 g/mol. The second-order valence-corrected chi connectivity index (χ2v) is 8.52. The van der Waals surface area contributed by atoms with Crippen LogP contribution in [-0.2, 0) is 11.0 Å². The molecule has 1 aromatic heterocycles. The van der Waals surface area contributed by atoms with Gasteiger partial charge in [-0.3, -0.25) is 4.79 Å². The van der Waals surface area contributed by atoms with E-state index < -0.39 is 11.7 Å². The number of methoxy groups -OCH3 is 1. The van der Waals surface area contributed by atoms with Crippen LogP contribution in [0.1, 0.15) is 24.8 Å². The summed E-state index contributed by atoms with van der Waals surface area (Å²) in [5.74, 6) is 0.424. The number of hydrogen-bond acceptors (Lipinski definition) is 5. The maximum Gasteiger partial charge on any atom is 0.419 e. The molecule has 0 bridgehead atoms. The number of carbonyl (C=O) groups excluding carboxylic acids is 1. The Kier molecular flexibility index (Phi) is 6.95. The lowest BCUT2D eigenvalue weighted by Crippen LogP contribution is -2.46. The molecular weight excluding hydrogens is 433 g/mol. The number of benzene rings is 1. The Hall–Kier alpha value is -2.97. The van der Waals surface area contributed by atoms with Crippen LogP contribution in [0.25, 0.3) is 0 Å². The molecule has 0 aliphatic carbocycles. The van der Waals surface area contributed by atoms with E-state index in [1.54, 1.807) is 12.0 Å². The lowest BCUT2D eigenvalue weighted by atomic mass is 9.96. The van der Waals surface area contributed by atoms with E-state index in [0.717, 1.165) is 30.5 Å². The van der Waals surface area contributed by atoms with E-state index in [9.17, 15) is 18.0 Å². The number of piperidine rings is 1. The van der Waals surface area contributed by atoms with E-state index in [0.29, 0.717) is 39.0 Å². The van der Waals surface area contributed by atoms with Gasteiger partial charge in [0.05, 0.1) is 18.6 Å². The van der Waals surface area contributed by atoms with Crippen LogP contribution in [0.5, 0.6) is 5.75 Å². The number of rotatable bonds is 4. The SMILES string of the molecule is COc1ccc(N2CCCN(C(=O)C3CCCN(c4ncccc4C(F)(F)F)C3)CC2)cc1. The number of carbonyl (C=O) groups is 1. The summed E-state index contributed by atoms with van der Waals surface area (Å²) >= 11 is 0. The highest BCUT2D eigenvalue weighted by Crippen LogP contribution is 2.36. The van der Waals surface area contributed by atoms with Gasteiger partial charge in [-0.25, -0.2) is 4.98 Å². The standard InChI is InChI=1S/C24H29F3N4O2/c1-33-20-9-7-19(8-10-20)29-13-4-14-30(16-15-29)23(32)18-5-3-12-31(17-18)22-21(24(25,26)27)6-2-11-28-22/h2,6-11,18H,3-5,12-17H2,1H3. The van der Waals surface area contributed by atoms with Gasteiger partial charge < -0.3 is 19.4 Å². The summed E-state index contributed by atoms with van der Waals surface area (Å²) in [6.07, 6.45) is -0.917. The number of pyridine rings is 1. The molecule has 2 aliphatic rings. The van der Waals surface area contributed by atoms with Crippen molar-refractivity contribution in [1.29, 1.82) is 0 Å². The molecule has 2 aliphatic heterocycles. The van der Waals surface area contributed by atoms with Crippen molar-refractivity contribution in [2.75, 3.05) is 56.2 Å². The zero-order chi connectivity index (χ0) is 23.4. The van der Waals surface area contributed by atoms with E-state index in [4.69, 9.17) is 4.74 Å². The van der Waals surface area contributed by atoms with E-state index in [1.165, 1.54) is 12.3 Å². The maximum absolute atomic E-state index is 13.5. The molecule has 0 radical (unpaired) electrons. The van der Waals surface area contributed by atoms with Crippen molar-refractivity contribution in [3.8, 4) is 5.75 Å². The summed E-state index contributed by atoms with van der Waals surface area (Å²) in [6, 6.07) is 10.2. The van der Waals surface area contributed by atoms with Gasteiger partial charge in [-0.05, 0) is 55.7 Å². The van der Waals surface area contributed by atoms with Gasteiger partial charge in [-0.2, -0.15) is 13.2 Å². The van der Waals surface area contributed by atoms with Crippen LogP contribution in [0, 0.1) is 5.92 Å². The molecule has 1 atom stereocenters. The van der Waals surface area contributed by atoms with Crippen LogP contribution < -0.4 is 14.5 Å². The molecule has 2 aromatic rings. The Morgan fingerprint density at radius 2 is 1.76 bits per heavy atom. The largest absolute Gasteiger partial charge is 0.497 e. The summed E-state index contributed by atoms with van der Waals surface area (Å²) < 4.78 is 45.6. The van der Waals surface area contributed by atoms with Gasteiger partial charge in [-0.1, -0.05) is 0 Å². The molecule has 4 rings (SSSR count). The summed E-state index contributed by atoms with van der Waals surface area (Å²) in [6.45, 7) is 3.54. The van der Waals surface area contributed by atoms with Crippen molar-refractivity contribution >= 4 is 17.4 Å². The van der Waals surface area contributed by atoms with Gasteiger partial charge in [0, 0.05) is 51.2 Å². The predicted octanol–water partition coefficient (Wildman–Crippen LogP) is 4.06. The van der Waals surface area contributed by atoms with Gasteiger partial charge in [-0.15, -0.1) is 0 Å². The number of nitrogens with zero attached hydrogens (tertiary/aromatic N) is 4. The minimum Gasteiger partial charge on any atom is -0.497 e. The summed E-state index contributed by atoms with van der Waals surface area (Å²) in [7, 11) is 1.63. The molecule has 33 heavy (non-hydrogen) atoms. The molecule has 9 heteroatoms. The minimum atomic E-state index is -4.48. The van der Waals surface area contributed by atoms with Gasteiger partial charge in [0.2, 0.25) is 5.91 Å². The molecule has 3 heterocycles. The van der Waals surface area contributed by atoms with Crippen molar-refractivity contribution in [3.63, 3.8) is 0 Å². The highest BCUT2D eigenvalue weighted by molar-refractivity contribution is 5.80.